The minimum atomic E-state index is -5.97. The van der Waals surface area contributed by atoms with Gasteiger partial charge in [-0.1, -0.05) is 114 Å². The van der Waals surface area contributed by atoms with Gasteiger partial charge in [0.25, 0.3) is 47.3 Å². The quantitative estimate of drug-likeness (QED) is 0.0438. The van der Waals surface area contributed by atoms with Gasteiger partial charge in [0.2, 0.25) is 5.41 Å². The van der Waals surface area contributed by atoms with Crippen molar-refractivity contribution in [2.45, 2.75) is 17.8 Å². The molecule has 0 radical (unpaired) electrons. The number of carbonyl (C=O) groups is 8. The minimum absolute atomic E-state index is 0.00771. The molecule has 0 aliphatic carbocycles. The zero-order chi connectivity index (χ0) is 71.4. The van der Waals surface area contributed by atoms with Crippen LogP contribution in [-0.2, 0) is 10.4 Å². The van der Waals surface area contributed by atoms with Gasteiger partial charge >= 0.3 is 12.4 Å². The summed E-state index contributed by atoms with van der Waals surface area (Å²) in [6.45, 7) is 0. The van der Waals surface area contributed by atoms with Crippen molar-refractivity contribution in [2.75, 3.05) is 19.6 Å². The van der Waals surface area contributed by atoms with E-state index in [4.69, 9.17) is 20.3 Å². The normalized spacial score (nSPS) is 14.2. The Morgan fingerprint density at radius 1 is 0.314 bits per heavy atom. The molecule has 0 fully saturated rings. The van der Waals surface area contributed by atoms with E-state index in [0.717, 1.165) is 49.4 Å². The average Bonchev–Trinajstić information content (AvgIpc) is 1.02. The Bertz CT molecular complexity index is 5410. The number of hydrogen-bond acceptors (Lipinski definition) is 13. The lowest BCUT2D eigenvalue weighted by molar-refractivity contribution is -0.288. The molecule has 0 aromatic heterocycles. The Morgan fingerprint density at radius 2 is 0.686 bits per heavy atom. The largest absolute Gasteiger partial charge is 0.457 e. The zero-order valence-electron chi connectivity index (χ0n) is 51.8. The molecule has 17 nitrogen and oxygen atoms in total. The van der Waals surface area contributed by atoms with Crippen LogP contribution in [0.25, 0.3) is 33.4 Å². The van der Waals surface area contributed by atoms with Crippen LogP contribution in [0.2, 0.25) is 0 Å². The third-order valence-electron chi connectivity index (χ3n) is 17.9. The highest BCUT2D eigenvalue weighted by Crippen LogP contribution is 2.57. The van der Waals surface area contributed by atoms with Gasteiger partial charge in [0.1, 0.15) is 23.0 Å². The van der Waals surface area contributed by atoms with Crippen molar-refractivity contribution in [3.63, 3.8) is 0 Å². The van der Waals surface area contributed by atoms with Crippen molar-refractivity contribution in [3.05, 3.63) is 301 Å². The number of imide groups is 4. The second-order valence-electron chi connectivity index (χ2n) is 23.5. The lowest BCUT2D eigenvalue weighted by atomic mass is 9.73. The molecule has 11 aromatic carbocycles. The van der Waals surface area contributed by atoms with Crippen LogP contribution in [0.5, 0.6) is 28.7 Å². The summed E-state index contributed by atoms with van der Waals surface area (Å²) < 4.78 is 105. The molecule has 15 rings (SSSR count). The predicted molar refractivity (Wildman–Crippen MR) is 367 cm³/mol. The molecule has 11 aromatic rings. The van der Waals surface area contributed by atoms with Gasteiger partial charge in [-0.15, -0.1) is 0 Å². The van der Waals surface area contributed by atoms with Gasteiger partial charge in [-0.05, 0) is 186 Å². The van der Waals surface area contributed by atoms with Crippen LogP contribution in [0.3, 0.4) is 0 Å². The van der Waals surface area contributed by atoms with Gasteiger partial charge in [-0.3, -0.25) is 38.4 Å². The topological polar surface area (TPSA) is 212 Å². The van der Waals surface area contributed by atoms with Crippen LogP contribution in [0.4, 0.5) is 49.1 Å². The van der Waals surface area contributed by atoms with Gasteiger partial charge in [0.05, 0.1) is 67.3 Å². The third-order valence-corrected chi connectivity index (χ3v) is 19.1. The first-order chi connectivity index (χ1) is 49.0. The van der Waals surface area contributed by atoms with Crippen molar-refractivity contribution in [3.8, 4) is 62.1 Å². The third kappa shape index (κ3) is 10.6. The molecule has 0 saturated heterocycles. The molecule has 102 heavy (non-hydrogen) atoms. The first kappa shape index (κ1) is 65.8. The predicted octanol–water partition coefficient (Wildman–Crippen LogP) is 17.6. The van der Waals surface area contributed by atoms with Gasteiger partial charge in [-0.25, -0.2) is 19.6 Å². The summed E-state index contributed by atoms with van der Waals surface area (Å²) in [6.07, 6.45) is -11.9. The Balaban J connectivity index is 0.613. The second-order valence-corrected chi connectivity index (χ2v) is 25.3. The standard InChI is InChI=1S/C77H41Br2F6N5O12/c78-61-38-51(101-102-86)39-62(79)66(61)90-70(94)58-14-7-12-54(65(58)74(90)98)42-17-35-56-60(37-42)72(96)88(68(56)92)46-24-32-50(33-25-46)100-48-28-20-44(21-29-48)75(76(80,81)82,77(83,84)85)43-18-26-47(27-19-43)99-49-30-22-45(23-31-49)87-67(91)55-34-16-41(36-59(55)71(87)95)53-11-6-13-57-64(53)73(97)89(69(57)93)63-15-5-4-10-52(63)40-8-2-1-3-9-40/h1-39H,86H2. The van der Waals surface area contributed by atoms with E-state index in [1.807, 2.05) is 36.4 Å². The number of fused-ring (bicyclic) bond motifs is 4. The SMILES string of the molecule is NOOc1cc(Br)c(N2C(=O)c3cccc(-c4ccc5c(c4)C(=O)N(c4ccc(Oc6ccc(C(c7ccc(Oc8ccc(N9C(=O)c%10ccc(-c%11cccc%12c%11C(=O)N(c%11ccccc%11-c%11ccccc%11)C%12=O)cc%10C9=O)cc8)cc7)(C(F)(F)F)C(F)(F)F)cc6)cc4)C5=O)c3C2=O)c(Br)c1. The monoisotopic (exact) mass is 1500 g/mol. The maximum absolute atomic E-state index is 15.4. The molecule has 25 heteroatoms. The fourth-order valence-electron chi connectivity index (χ4n) is 13.3. The highest BCUT2D eigenvalue weighted by Gasteiger charge is 2.72. The maximum Gasteiger partial charge on any atom is 0.411 e. The van der Waals surface area contributed by atoms with Gasteiger partial charge in [-0.2, -0.15) is 32.2 Å². The molecule has 0 saturated carbocycles. The molecule has 4 aliphatic rings. The maximum atomic E-state index is 15.4. The van der Waals surface area contributed by atoms with E-state index in [1.54, 1.807) is 54.6 Å². The average molecular weight is 1500 g/mol. The summed E-state index contributed by atoms with van der Waals surface area (Å²) >= 11 is 6.74. The molecule has 0 atom stereocenters. The van der Waals surface area contributed by atoms with E-state index in [2.05, 4.69) is 36.8 Å². The lowest BCUT2D eigenvalue weighted by Gasteiger charge is -2.38. The van der Waals surface area contributed by atoms with Gasteiger partial charge in [0.15, 0.2) is 5.75 Å². The number of para-hydroxylation sites is 1. The number of ether oxygens (including phenoxy) is 2. The summed E-state index contributed by atoms with van der Waals surface area (Å²) in [5.41, 5.74) is -3.07. The van der Waals surface area contributed by atoms with Crippen LogP contribution in [0, 0.1) is 0 Å². The first-order valence-corrected chi connectivity index (χ1v) is 32.2. The van der Waals surface area contributed by atoms with Crippen LogP contribution in [0.1, 0.15) is 94.0 Å². The number of rotatable bonds is 15. The molecule has 502 valence electrons. The second kappa shape index (κ2) is 24.9. The lowest BCUT2D eigenvalue weighted by Crippen LogP contribution is -2.54. The van der Waals surface area contributed by atoms with E-state index in [9.17, 15) is 38.4 Å². The fourth-order valence-corrected chi connectivity index (χ4v) is 14.8. The zero-order valence-corrected chi connectivity index (χ0v) is 55.0. The Morgan fingerprint density at radius 3 is 1.13 bits per heavy atom. The van der Waals surface area contributed by atoms with Crippen molar-refractivity contribution in [1.29, 1.82) is 0 Å². The minimum Gasteiger partial charge on any atom is -0.457 e. The van der Waals surface area contributed by atoms with Gasteiger partial charge in [0, 0.05) is 26.6 Å². The number of amides is 8. The molecular formula is C77H41Br2F6N5O12. The molecular weight excluding hydrogens is 1460 g/mol. The molecule has 4 heterocycles. The number of anilines is 4. The van der Waals surface area contributed by atoms with Crippen LogP contribution < -0.4 is 39.9 Å². The van der Waals surface area contributed by atoms with Crippen LogP contribution in [-0.4, -0.2) is 59.6 Å². The van der Waals surface area contributed by atoms with E-state index < -0.39 is 76.2 Å². The van der Waals surface area contributed by atoms with E-state index in [-0.39, 0.29) is 105 Å². The molecule has 8 amide bonds. The number of nitrogens with two attached hydrogens (primary N) is 1. The number of alkyl halides is 6. The molecule has 2 N–H and O–H groups in total. The summed E-state index contributed by atoms with van der Waals surface area (Å²) in [4.78, 5) is 125. The Kier molecular flexibility index (Phi) is 16.1. The number of carbonyl (C=O) groups excluding carboxylic acids is 8. The molecule has 0 unspecified atom stereocenters. The summed E-state index contributed by atoms with van der Waals surface area (Å²) in [7, 11) is 0. The highest BCUT2D eigenvalue weighted by atomic mass is 79.9. The summed E-state index contributed by atoms with van der Waals surface area (Å²) in [6, 6.07) is 54.4. The van der Waals surface area contributed by atoms with Crippen molar-refractivity contribution >= 4 is 102 Å². The summed E-state index contributed by atoms with van der Waals surface area (Å²) in [5.74, 6) is -0.425. The molecule has 0 bridgehead atoms. The number of nitrogens with zero attached hydrogens (tertiary/aromatic N) is 4. The number of halogens is 8. The summed E-state index contributed by atoms with van der Waals surface area (Å²) in [5, 5.41) is 0. The Labute approximate surface area is 589 Å². The molecule has 0 spiro atoms. The van der Waals surface area contributed by atoms with Gasteiger partial charge < -0.3 is 14.4 Å². The fraction of sp³-hybridized carbons (Fsp3) is 0.0390. The van der Waals surface area contributed by atoms with Crippen LogP contribution >= 0.6 is 31.9 Å². The van der Waals surface area contributed by atoms with Crippen molar-refractivity contribution in [2.24, 2.45) is 5.90 Å². The smallest absolute Gasteiger partial charge is 0.411 e. The van der Waals surface area contributed by atoms with Crippen LogP contribution in [0.15, 0.2) is 246 Å². The van der Waals surface area contributed by atoms with Crippen molar-refractivity contribution in [1.82, 2.24) is 0 Å². The van der Waals surface area contributed by atoms with Crippen molar-refractivity contribution < 1.29 is 84.0 Å². The molecule has 4 aliphatic heterocycles. The van der Waals surface area contributed by atoms with E-state index in [1.165, 1.54) is 97.1 Å². The Hall–Kier alpha value is -12.2. The van der Waals surface area contributed by atoms with E-state index >= 15 is 26.3 Å². The number of hydrogen-bond donors (Lipinski definition) is 1. The highest BCUT2D eigenvalue weighted by molar-refractivity contribution is 9.11. The first-order valence-electron chi connectivity index (χ1n) is 30.6. The number of benzene rings is 11. The van der Waals surface area contributed by atoms with E-state index in [0.29, 0.717) is 52.2 Å².